The van der Waals surface area contributed by atoms with Crippen LogP contribution in [0.4, 0.5) is 5.69 Å². The van der Waals surface area contributed by atoms with Gasteiger partial charge in [-0.05, 0) is 43.5 Å². The molecule has 148 valence electrons. The van der Waals surface area contributed by atoms with E-state index >= 15 is 0 Å². The van der Waals surface area contributed by atoms with Crippen molar-refractivity contribution in [3.8, 4) is 5.75 Å². The van der Waals surface area contributed by atoms with Crippen molar-refractivity contribution >= 4 is 11.6 Å². The lowest BCUT2D eigenvalue weighted by Crippen LogP contribution is -2.60. The molecule has 1 aromatic carbocycles. The summed E-state index contributed by atoms with van der Waals surface area (Å²) in [7, 11) is 0. The largest absolute Gasteiger partial charge is 0.484 e. The Bertz CT molecular complexity index is 786. The monoisotopic (exact) mass is 381 g/mol. The molecule has 2 aliphatic rings. The van der Waals surface area contributed by atoms with Gasteiger partial charge in [0.25, 0.3) is 5.91 Å². The van der Waals surface area contributed by atoms with Crippen LogP contribution in [0, 0.1) is 5.41 Å². The quantitative estimate of drug-likeness (QED) is 0.881. The van der Waals surface area contributed by atoms with Crippen LogP contribution in [0.2, 0.25) is 0 Å². The zero-order chi connectivity index (χ0) is 19.4. The van der Waals surface area contributed by atoms with E-state index in [4.69, 9.17) is 4.74 Å². The highest BCUT2D eigenvalue weighted by atomic mass is 16.5. The molecule has 0 aliphatic carbocycles. The molecule has 2 atom stereocenters. The standard InChI is InChI=1S/C22H27N3O3/c26-20-9-14-24(18-7-11-23-12-8-18)16-22(20)10-4-13-25(17-22)21(27)15-28-19-5-2-1-3-6-19/h1-3,5-8,11-12,20,26H,4,9-10,13-17H2/t20-,22-/m1/s1. The van der Waals surface area contributed by atoms with Gasteiger partial charge >= 0.3 is 0 Å². The predicted molar refractivity (Wildman–Crippen MR) is 107 cm³/mol. The van der Waals surface area contributed by atoms with Crippen molar-refractivity contribution in [3.63, 3.8) is 0 Å². The van der Waals surface area contributed by atoms with E-state index < -0.39 is 6.10 Å². The van der Waals surface area contributed by atoms with E-state index in [1.165, 1.54) is 0 Å². The number of rotatable bonds is 4. The Morgan fingerprint density at radius 1 is 1.14 bits per heavy atom. The van der Waals surface area contributed by atoms with Gasteiger partial charge in [-0.15, -0.1) is 0 Å². The molecule has 6 heteroatoms. The third-order valence-corrected chi connectivity index (χ3v) is 5.98. The number of carbonyl (C=O) groups excluding carboxylic acids is 1. The van der Waals surface area contributed by atoms with E-state index in [1.807, 2.05) is 47.4 Å². The average molecular weight is 381 g/mol. The number of anilines is 1. The maximum atomic E-state index is 12.8. The molecular weight excluding hydrogens is 354 g/mol. The van der Waals surface area contributed by atoms with E-state index in [9.17, 15) is 9.90 Å². The molecule has 2 fully saturated rings. The van der Waals surface area contributed by atoms with Crippen LogP contribution in [0.25, 0.3) is 0 Å². The van der Waals surface area contributed by atoms with Crippen LogP contribution < -0.4 is 9.64 Å². The number of carbonyl (C=O) groups is 1. The van der Waals surface area contributed by atoms with Crippen molar-refractivity contribution in [3.05, 3.63) is 54.9 Å². The molecule has 1 amide bonds. The minimum atomic E-state index is -0.392. The second-order valence-electron chi connectivity index (χ2n) is 7.81. The minimum Gasteiger partial charge on any atom is -0.484 e. The van der Waals surface area contributed by atoms with Gasteiger partial charge in [0, 0.05) is 49.7 Å². The molecular formula is C22H27N3O3. The molecule has 2 aromatic rings. The second kappa shape index (κ2) is 8.19. The topological polar surface area (TPSA) is 65.9 Å². The Hall–Kier alpha value is -2.60. The van der Waals surface area contributed by atoms with Crippen LogP contribution in [-0.4, -0.2) is 59.8 Å². The number of aliphatic hydroxyl groups excluding tert-OH is 1. The number of likely N-dealkylation sites (tertiary alicyclic amines) is 1. The molecule has 28 heavy (non-hydrogen) atoms. The molecule has 0 bridgehead atoms. The number of nitrogens with zero attached hydrogens (tertiary/aromatic N) is 3. The van der Waals surface area contributed by atoms with Crippen molar-refractivity contribution in [2.75, 3.05) is 37.7 Å². The Balaban J connectivity index is 1.43. The molecule has 1 aromatic heterocycles. The summed E-state index contributed by atoms with van der Waals surface area (Å²) in [6, 6.07) is 13.4. The lowest BCUT2D eigenvalue weighted by molar-refractivity contribution is -0.140. The van der Waals surface area contributed by atoms with Gasteiger partial charge in [-0.25, -0.2) is 0 Å². The Labute approximate surface area is 165 Å². The van der Waals surface area contributed by atoms with Crippen LogP contribution in [0.1, 0.15) is 19.3 Å². The van der Waals surface area contributed by atoms with E-state index in [-0.39, 0.29) is 17.9 Å². The zero-order valence-electron chi connectivity index (χ0n) is 16.0. The van der Waals surface area contributed by atoms with Gasteiger partial charge < -0.3 is 19.6 Å². The average Bonchev–Trinajstić information content (AvgIpc) is 2.75. The van der Waals surface area contributed by atoms with Gasteiger partial charge in [-0.1, -0.05) is 18.2 Å². The molecule has 2 aliphatic heterocycles. The number of piperidine rings is 2. The highest BCUT2D eigenvalue weighted by molar-refractivity contribution is 5.78. The fourth-order valence-corrected chi connectivity index (χ4v) is 4.45. The molecule has 3 heterocycles. The smallest absolute Gasteiger partial charge is 0.260 e. The first-order valence-electron chi connectivity index (χ1n) is 9.95. The van der Waals surface area contributed by atoms with E-state index in [0.29, 0.717) is 18.7 Å². The summed E-state index contributed by atoms with van der Waals surface area (Å²) in [5.41, 5.74) is 0.833. The summed E-state index contributed by atoms with van der Waals surface area (Å²) < 4.78 is 5.64. The fourth-order valence-electron chi connectivity index (χ4n) is 4.45. The van der Waals surface area contributed by atoms with Crippen LogP contribution in [0.15, 0.2) is 54.9 Å². The summed E-state index contributed by atoms with van der Waals surface area (Å²) in [5, 5.41) is 10.8. The summed E-state index contributed by atoms with van der Waals surface area (Å²) in [6.07, 6.45) is 5.74. The summed E-state index contributed by atoms with van der Waals surface area (Å²) >= 11 is 0. The minimum absolute atomic E-state index is 0.0174. The molecule has 1 N–H and O–H groups in total. The first-order chi connectivity index (χ1) is 13.7. The van der Waals surface area contributed by atoms with E-state index in [2.05, 4.69) is 9.88 Å². The molecule has 0 unspecified atom stereocenters. The Morgan fingerprint density at radius 3 is 2.71 bits per heavy atom. The first kappa shape index (κ1) is 18.7. The Kier molecular flexibility index (Phi) is 5.48. The van der Waals surface area contributed by atoms with Crippen molar-refractivity contribution in [1.29, 1.82) is 0 Å². The van der Waals surface area contributed by atoms with Crippen LogP contribution in [0.3, 0.4) is 0 Å². The number of aromatic nitrogens is 1. The summed E-state index contributed by atoms with van der Waals surface area (Å²) in [6.45, 7) is 2.90. The number of pyridine rings is 1. The molecule has 2 saturated heterocycles. The fraction of sp³-hybridized carbons (Fsp3) is 0.455. The lowest BCUT2D eigenvalue weighted by Gasteiger charge is -2.51. The predicted octanol–water partition coefficient (Wildman–Crippen LogP) is 2.34. The van der Waals surface area contributed by atoms with Gasteiger partial charge in [0.05, 0.1) is 6.10 Å². The number of ether oxygens (including phenoxy) is 1. The maximum Gasteiger partial charge on any atom is 0.260 e. The van der Waals surface area contributed by atoms with Crippen molar-refractivity contribution in [1.82, 2.24) is 9.88 Å². The number of hydrogen-bond acceptors (Lipinski definition) is 5. The molecule has 1 spiro atoms. The van der Waals surface area contributed by atoms with E-state index in [0.717, 1.165) is 38.2 Å². The van der Waals surface area contributed by atoms with E-state index in [1.54, 1.807) is 12.4 Å². The number of amides is 1. The highest BCUT2D eigenvalue weighted by Gasteiger charge is 2.46. The maximum absolute atomic E-state index is 12.8. The number of hydrogen-bond donors (Lipinski definition) is 1. The van der Waals surface area contributed by atoms with Crippen LogP contribution in [0.5, 0.6) is 5.75 Å². The van der Waals surface area contributed by atoms with Gasteiger partial charge in [-0.2, -0.15) is 0 Å². The first-order valence-corrected chi connectivity index (χ1v) is 9.95. The van der Waals surface area contributed by atoms with Gasteiger partial charge in [-0.3, -0.25) is 9.78 Å². The molecule has 6 nitrogen and oxygen atoms in total. The van der Waals surface area contributed by atoms with Gasteiger partial charge in [0.1, 0.15) is 5.75 Å². The zero-order valence-corrected chi connectivity index (χ0v) is 16.0. The van der Waals surface area contributed by atoms with Crippen LogP contribution >= 0.6 is 0 Å². The number of para-hydroxylation sites is 1. The summed E-state index contributed by atoms with van der Waals surface area (Å²) in [5.74, 6) is 0.681. The molecule has 0 saturated carbocycles. The molecule has 4 rings (SSSR count). The third kappa shape index (κ3) is 3.97. The molecule has 0 radical (unpaired) electrons. The normalized spacial score (nSPS) is 25.0. The van der Waals surface area contributed by atoms with Gasteiger partial charge in [0.2, 0.25) is 0 Å². The third-order valence-electron chi connectivity index (χ3n) is 5.98. The van der Waals surface area contributed by atoms with Crippen LogP contribution in [-0.2, 0) is 4.79 Å². The summed E-state index contributed by atoms with van der Waals surface area (Å²) in [4.78, 5) is 21.0. The van der Waals surface area contributed by atoms with Gasteiger partial charge in [0.15, 0.2) is 6.61 Å². The lowest BCUT2D eigenvalue weighted by atomic mass is 9.71. The number of aliphatic hydroxyl groups is 1. The second-order valence-corrected chi connectivity index (χ2v) is 7.81. The number of benzene rings is 1. The highest BCUT2D eigenvalue weighted by Crippen LogP contribution is 2.40. The van der Waals surface area contributed by atoms with Crippen molar-refractivity contribution in [2.45, 2.75) is 25.4 Å². The Morgan fingerprint density at radius 2 is 1.93 bits per heavy atom. The SMILES string of the molecule is O=C(COc1ccccc1)N1CCC[C@]2(C1)CN(c1ccncc1)CC[C@H]2O. The van der Waals surface area contributed by atoms with Crippen molar-refractivity contribution in [2.24, 2.45) is 5.41 Å². The van der Waals surface area contributed by atoms with Crippen molar-refractivity contribution < 1.29 is 14.6 Å².